The SMILES string of the molecule is Cc1cc(C)cc(COc2ccc(Br)cc2CCl)c1. The Hall–Kier alpha value is -0.990. The summed E-state index contributed by atoms with van der Waals surface area (Å²) in [5.74, 6) is 1.29. The average Bonchev–Trinajstić information content (AvgIpc) is 2.36. The van der Waals surface area contributed by atoms with Crippen molar-refractivity contribution in [3.05, 3.63) is 63.1 Å². The summed E-state index contributed by atoms with van der Waals surface area (Å²) in [6.45, 7) is 4.76. The standard InChI is InChI=1S/C16H16BrClO/c1-11-5-12(2)7-13(6-11)10-19-16-4-3-15(17)8-14(16)9-18/h3-8H,9-10H2,1-2H3. The lowest BCUT2D eigenvalue weighted by Gasteiger charge is -2.11. The molecule has 0 fully saturated rings. The van der Waals surface area contributed by atoms with E-state index in [1.54, 1.807) is 0 Å². The highest BCUT2D eigenvalue weighted by atomic mass is 79.9. The molecule has 0 unspecified atom stereocenters. The van der Waals surface area contributed by atoms with E-state index in [0.29, 0.717) is 12.5 Å². The van der Waals surface area contributed by atoms with Crippen molar-refractivity contribution in [1.82, 2.24) is 0 Å². The molecule has 1 nitrogen and oxygen atoms in total. The smallest absolute Gasteiger partial charge is 0.124 e. The van der Waals surface area contributed by atoms with Crippen LogP contribution in [0.4, 0.5) is 0 Å². The molecule has 0 atom stereocenters. The molecule has 0 spiro atoms. The first-order chi connectivity index (χ1) is 9.08. The molecule has 0 bridgehead atoms. The lowest BCUT2D eigenvalue weighted by molar-refractivity contribution is 0.303. The quantitative estimate of drug-likeness (QED) is 0.679. The maximum absolute atomic E-state index is 5.94. The Balaban J connectivity index is 2.14. The van der Waals surface area contributed by atoms with Crippen LogP contribution in [0.15, 0.2) is 40.9 Å². The zero-order chi connectivity index (χ0) is 13.8. The van der Waals surface area contributed by atoms with Gasteiger partial charge in [-0.05, 0) is 37.6 Å². The lowest BCUT2D eigenvalue weighted by atomic mass is 10.1. The van der Waals surface area contributed by atoms with Gasteiger partial charge in [0.05, 0.1) is 5.88 Å². The van der Waals surface area contributed by atoms with Crippen LogP contribution < -0.4 is 4.74 Å². The summed E-state index contributed by atoms with van der Waals surface area (Å²) in [6.07, 6.45) is 0. The van der Waals surface area contributed by atoms with Gasteiger partial charge in [0, 0.05) is 10.0 Å². The van der Waals surface area contributed by atoms with Crippen molar-refractivity contribution in [2.24, 2.45) is 0 Å². The summed E-state index contributed by atoms with van der Waals surface area (Å²) in [5.41, 5.74) is 4.69. The van der Waals surface area contributed by atoms with Crippen molar-refractivity contribution in [2.45, 2.75) is 26.3 Å². The first kappa shape index (κ1) is 14.4. The van der Waals surface area contributed by atoms with Crippen LogP contribution in [-0.4, -0.2) is 0 Å². The minimum atomic E-state index is 0.446. The Morgan fingerprint density at radius 3 is 2.37 bits per heavy atom. The molecule has 2 aromatic rings. The third kappa shape index (κ3) is 3.99. The molecule has 0 saturated carbocycles. The highest BCUT2D eigenvalue weighted by Gasteiger charge is 2.04. The van der Waals surface area contributed by atoms with E-state index in [2.05, 4.69) is 48.0 Å². The largest absolute Gasteiger partial charge is 0.489 e. The molecule has 0 aromatic heterocycles. The number of rotatable bonds is 4. The van der Waals surface area contributed by atoms with Gasteiger partial charge in [-0.25, -0.2) is 0 Å². The molecule has 0 aliphatic heterocycles. The van der Waals surface area contributed by atoms with Crippen LogP contribution in [-0.2, 0) is 12.5 Å². The summed E-state index contributed by atoms with van der Waals surface area (Å²) in [7, 11) is 0. The van der Waals surface area contributed by atoms with Gasteiger partial charge in [-0.15, -0.1) is 11.6 Å². The number of alkyl halides is 1. The van der Waals surface area contributed by atoms with E-state index >= 15 is 0 Å². The zero-order valence-electron chi connectivity index (χ0n) is 11.0. The van der Waals surface area contributed by atoms with Crippen LogP contribution in [0.2, 0.25) is 0 Å². The first-order valence-electron chi connectivity index (χ1n) is 6.13. The second-order valence-corrected chi connectivity index (χ2v) is 5.85. The third-order valence-corrected chi connectivity index (χ3v) is 3.62. The van der Waals surface area contributed by atoms with E-state index in [4.69, 9.17) is 16.3 Å². The van der Waals surface area contributed by atoms with Crippen molar-refractivity contribution in [1.29, 1.82) is 0 Å². The van der Waals surface area contributed by atoms with Crippen LogP contribution in [0.5, 0.6) is 5.75 Å². The number of hydrogen-bond acceptors (Lipinski definition) is 1. The van der Waals surface area contributed by atoms with Crippen LogP contribution in [0, 0.1) is 13.8 Å². The minimum Gasteiger partial charge on any atom is -0.489 e. The van der Waals surface area contributed by atoms with E-state index in [9.17, 15) is 0 Å². The van der Waals surface area contributed by atoms with Crippen molar-refractivity contribution in [3.8, 4) is 5.75 Å². The van der Waals surface area contributed by atoms with Crippen LogP contribution >= 0.6 is 27.5 Å². The fourth-order valence-corrected chi connectivity index (χ4v) is 2.72. The van der Waals surface area contributed by atoms with Gasteiger partial charge in [-0.3, -0.25) is 0 Å². The maximum atomic E-state index is 5.94. The van der Waals surface area contributed by atoms with E-state index in [-0.39, 0.29) is 0 Å². The van der Waals surface area contributed by atoms with Gasteiger partial charge in [-0.1, -0.05) is 45.3 Å². The predicted molar refractivity (Wildman–Crippen MR) is 83.9 cm³/mol. The summed E-state index contributed by atoms with van der Waals surface area (Å²) in [4.78, 5) is 0. The third-order valence-electron chi connectivity index (χ3n) is 2.84. The first-order valence-corrected chi connectivity index (χ1v) is 7.45. The number of halogens is 2. The number of hydrogen-bond donors (Lipinski definition) is 0. The van der Waals surface area contributed by atoms with E-state index < -0.39 is 0 Å². The van der Waals surface area contributed by atoms with Gasteiger partial charge in [0.25, 0.3) is 0 Å². The van der Waals surface area contributed by atoms with Crippen LogP contribution in [0.25, 0.3) is 0 Å². The Kier molecular flexibility index (Phi) is 4.89. The van der Waals surface area contributed by atoms with Crippen molar-refractivity contribution >= 4 is 27.5 Å². The van der Waals surface area contributed by atoms with Gasteiger partial charge < -0.3 is 4.74 Å². The predicted octanol–water partition coefficient (Wildman–Crippen LogP) is 5.38. The molecule has 0 saturated heterocycles. The van der Waals surface area contributed by atoms with Crippen LogP contribution in [0.1, 0.15) is 22.3 Å². The molecule has 3 heteroatoms. The summed E-state index contributed by atoms with van der Waals surface area (Å²) < 4.78 is 6.89. The maximum Gasteiger partial charge on any atom is 0.124 e. The molecule has 0 radical (unpaired) electrons. The Morgan fingerprint density at radius 2 is 1.74 bits per heavy atom. The molecule has 0 aliphatic rings. The van der Waals surface area contributed by atoms with Gasteiger partial charge in [-0.2, -0.15) is 0 Å². The van der Waals surface area contributed by atoms with E-state index in [1.165, 1.54) is 16.7 Å². The fraction of sp³-hybridized carbons (Fsp3) is 0.250. The monoisotopic (exact) mass is 338 g/mol. The average molecular weight is 340 g/mol. The molecule has 19 heavy (non-hydrogen) atoms. The molecule has 2 aromatic carbocycles. The highest BCUT2D eigenvalue weighted by Crippen LogP contribution is 2.25. The Labute approximate surface area is 127 Å². The summed E-state index contributed by atoms with van der Waals surface area (Å²) in [6, 6.07) is 12.4. The number of aryl methyl sites for hydroxylation is 2. The topological polar surface area (TPSA) is 9.23 Å². The Morgan fingerprint density at radius 1 is 1.05 bits per heavy atom. The lowest BCUT2D eigenvalue weighted by Crippen LogP contribution is -1.99. The molecule has 0 N–H and O–H groups in total. The second-order valence-electron chi connectivity index (χ2n) is 4.67. The summed E-state index contributed by atoms with van der Waals surface area (Å²) >= 11 is 9.37. The second kappa shape index (κ2) is 6.44. The zero-order valence-corrected chi connectivity index (χ0v) is 13.4. The van der Waals surface area contributed by atoms with Crippen molar-refractivity contribution in [2.75, 3.05) is 0 Å². The molecular weight excluding hydrogens is 324 g/mol. The number of benzene rings is 2. The molecule has 0 heterocycles. The van der Waals surface area contributed by atoms with Crippen molar-refractivity contribution < 1.29 is 4.74 Å². The molecule has 100 valence electrons. The summed E-state index contributed by atoms with van der Waals surface area (Å²) in [5, 5.41) is 0. The van der Waals surface area contributed by atoms with E-state index in [0.717, 1.165) is 15.8 Å². The molecule has 0 amide bonds. The molecular formula is C16H16BrClO. The van der Waals surface area contributed by atoms with Gasteiger partial charge in [0.1, 0.15) is 12.4 Å². The molecule has 2 rings (SSSR count). The van der Waals surface area contributed by atoms with Gasteiger partial charge >= 0.3 is 0 Å². The normalized spacial score (nSPS) is 10.5. The fourth-order valence-electron chi connectivity index (χ4n) is 2.11. The van der Waals surface area contributed by atoms with Crippen molar-refractivity contribution in [3.63, 3.8) is 0 Å². The highest BCUT2D eigenvalue weighted by molar-refractivity contribution is 9.10. The van der Waals surface area contributed by atoms with Gasteiger partial charge in [0.15, 0.2) is 0 Å². The number of ether oxygens (including phenoxy) is 1. The van der Waals surface area contributed by atoms with E-state index in [1.807, 2.05) is 18.2 Å². The van der Waals surface area contributed by atoms with Crippen LogP contribution in [0.3, 0.4) is 0 Å². The minimum absolute atomic E-state index is 0.446. The Bertz CT molecular complexity index is 561. The molecule has 0 aliphatic carbocycles. The van der Waals surface area contributed by atoms with Gasteiger partial charge in [0.2, 0.25) is 0 Å².